The highest BCUT2D eigenvalue weighted by atomic mass is 16.5. The molecule has 0 radical (unpaired) electrons. The van der Waals surface area contributed by atoms with Crippen molar-refractivity contribution in [2.75, 3.05) is 20.3 Å². The Morgan fingerprint density at radius 2 is 2.21 bits per heavy atom. The van der Waals surface area contributed by atoms with Gasteiger partial charge in [-0.3, -0.25) is 5.84 Å². The number of rotatable bonds is 7. The Hall–Kier alpha value is -1.96. The van der Waals surface area contributed by atoms with Gasteiger partial charge in [0.2, 0.25) is 0 Å². The number of aromatic amines is 1. The molecule has 0 fully saturated rings. The van der Waals surface area contributed by atoms with Gasteiger partial charge in [0.1, 0.15) is 18.1 Å². The third-order valence-electron chi connectivity index (χ3n) is 2.67. The van der Waals surface area contributed by atoms with E-state index in [4.69, 9.17) is 15.3 Å². The number of H-pyrrole nitrogens is 1. The third-order valence-corrected chi connectivity index (χ3v) is 2.67. The highest BCUT2D eigenvalue weighted by Crippen LogP contribution is 2.28. The molecule has 2 rings (SSSR count). The number of nitrogens with two attached hydrogens (primary N) is 1. The number of hydrazine groups is 1. The lowest BCUT2D eigenvalue weighted by Crippen LogP contribution is -2.29. The lowest BCUT2D eigenvalue weighted by molar-refractivity contribution is 0.145. The lowest BCUT2D eigenvalue weighted by Gasteiger charge is -2.17. The van der Waals surface area contributed by atoms with E-state index in [0.29, 0.717) is 18.9 Å². The quantitative estimate of drug-likeness (QED) is 0.379. The molecular weight excluding hydrogens is 246 g/mol. The second-order valence-corrected chi connectivity index (χ2v) is 3.87. The first kappa shape index (κ1) is 13.5. The molecule has 4 N–H and O–H groups in total. The number of para-hydroxylation sites is 1. The van der Waals surface area contributed by atoms with E-state index in [2.05, 4.69) is 20.8 Å². The standard InChI is InChI=1S/C12H17N5O2/c1-18-6-7-19-11-5-3-2-4-9(11)12(15-13)10-8-14-17-16-10/h2-5,8,12,15H,6-7,13H2,1H3,(H,14,16,17). The zero-order valence-electron chi connectivity index (χ0n) is 10.7. The molecule has 0 aliphatic heterocycles. The van der Waals surface area contributed by atoms with Crippen molar-refractivity contribution in [3.8, 4) is 5.75 Å². The smallest absolute Gasteiger partial charge is 0.124 e. The van der Waals surface area contributed by atoms with Crippen LogP contribution in [0.4, 0.5) is 0 Å². The van der Waals surface area contributed by atoms with Gasteiger partial charge in [-0.25, -0.2) is 5.43 Å². The van der Waals surface area contributed by atoms with Gasteiger partial charge >= 0.3 is 0 Å². The summed E-state index contributed by atoms with van der Waals surface area (Å²) in [6.45, 7) is 1.00. The van der Waals surface area contributed by atoms with Gasteiger partial charge in [0, 0.05) is 12.7 Å². The van der Waals surface area contributed by atoms with Crippen LogP contribution >= 0.6 is 0 Å². The van der Waals surface area contributed by atoms with Gasteiger partial charge in [-0.15, -0.1) is 0 Å². The predicted molar refractivity (Wildman–Crippen MR) is 69.4 cm³/mol. The van der Waals surface area contributed by atoms with Crippen molar-refractivity contribution >= 4 is 0 Å². The zero-order chi connectivity index (χ0) is 13.5. The number of nitrogens with one attached hydrogen (secondary N) is 2. The molecule has 0 saturated heterocycles. The largest absolute Gasteiger partial charge is 0.491 e. The van der Waals surface area contributed by atoms with Crippen LogP contribution < -0.4 is 16.0 Å². The number of hydrogen-bond donors (Lipinski definition) is 3. The molecule has 0 spiro atoms. The molecular formula is C12H17N5O2. The highest BCUT2D eigenvalue weighted by Gasteiger charge is 2.19. The monoisotopic (exact) mass is 263 g/mol. The maximum atomic E-state index is 5.68. The first-order valence-corrected chi connectivity index (χ1v) is 5.89. The van der Waals surface area contributed by atoms with Crippen LogP contribution in [0.3, 0.4) is 0 Å². The summed E-state index contributed by atoms with van der Waals surface area (Å²) in [5.74, 6) is 6.35. The van der Waals surface area contributed by atoms with Crippen LogP contribution in [0.1, 0.15) is 17.3 Å². The van der Waals surface area contributed by atoms with Crippen molar-refractivity contribution in [3.63, 3.8) is 0 Å². The van der Waals surface area contributed by atoms with E-state index in [1.807, 2.05) is 24.3 Å². The van der Waals surface area contributed by atoms with E-state index < -0.39 is 0 Å². The van der Waals surface area contributed by atoms with Gasteiger partial charge in [0.05, 0.1) is 18.8 Å². The Morgan fingerprint density at radius 3 is 2.89 bits per heavy atom. The summed E-state index contributed by atoms with van der Waals surface area (Å²) in [6, 6.07) is 7.36. The topological polar surface area (TPSA) is 98.1 Å². The number of benzene rings is 1. The molecule has 0 bridgehead atoms. The molecule has 0 saturated carbocycles. The molecule has 0 aliphatic rings. The number of nitrogens with zero attached hydrogens (tertiary/aromatic N) is 2. The number of aromatic nitrogens is 3. The van der Waals surface area contributed by atoms with E-state index in [-0.39, 0.29) is 6.04 Å². The van der Waals surface area contributed by atoms with Crippen molar-refractivity contribution < 1.29 is 9.47 Å². The van der Waals surface area contributed by atoms with E-state index in [9.17, 15) is 0 Å². The molecule has 1 heterocycles. The van der Waals surface area contributed by atoms with Gasteiger partial charge in [0.25, 0.3) is 0 Å². The molecule has 1 aromatic heterocycles. The third kappa shape index (κ3) is 3.28. The summed E-state index contributed by atoms with van der Waals surface area (Å²) >= 11 is 0. The summed E-state index contributed by atoms with van der Waals surface area (Å²) in [6.07, 6.45) is 1.62. The summed E-state index contributed by atoms with van der Waals surface area (Å²) < 4.78 is 10.6. The molecule has 102 valence electrons. The van der Waals surface area contributed by atoms with Crippen LogP contribution in [0.2, 0.25) is 0 Å². The van der Waals surface area contributed by atoms with Crippen LogP contribution in [0.25, 0.3) is 0 Å². The minimum absolute atomic E-state index is 0.280. The van der Waals surface area contributed by atoms with Crippen LogP contribution in [-0.2, 0) is 4.74 Å². The van der Waals surface area contributed by atoms with Crippen LogP contribution in [0.15, 0.2) is 30.5 Å². The maximum Gasteiger partial charge on any atom is 0.124 e. The fourth-order valence-electron chi connectivity index (χ4n) is 1.77. The fourth-order valence-corrected chi connectivity index (χ4v) is 1.77. The molecule has 19 heavy (non-hydrogen) atoms. The van der Waals surface area contributed by atoms with E-state index >= 15 is 0 Å². The average Bonchev–Trinajstić information content (AvgIpc) is 2.96. The van der Waals surface area contributed by atoms with E-state index in [1.165, 1.54) is 0 Å². The Morgan fingerprint density at radius 1 is 1.37 bits per heavy atom. The normalized spacial score (nSPS) is 12.3. The van der Waals surface area contributed by atoms with E-state index in [0.717, 1.165) is 11.3 Å². The van der Waals surface area contributed by atoms with Crippen molar-refractivity contribution in [2.45, 2.75) is 6.04 Å². The highest BCUT2D eigenvalue weighted by molar-refractivity contribution is 5.39. The van der Waals surface area contributed by atoms with Crippen molar-refractivity contribution in [1.29, 1.82) is 0 Å². The predicted octanol–water partition coefficient (Wildman–Crippen LogP) is 0.383. The van der Waals surface area contributed by atoms with Crippen molar-refractivity contribution in [2.24, 2.45) is 5.84 Å². The Kier molecular flexibility index (Phi) is 4.85. The number of hydrogen-bond acceptors (Lipinski definition) is 6. The van der Waals surface area contributed by atoms with Crippen molar-refractivity contribution in [3.05, 3.63) is 41.7 Å². The van der Waals surface area contributed by atoms with Gasteiger partial charge in [-0.05, 0) is 6.07 Å². The molecule has 7 heteroatoms. The Bertz CT molecular complexity index is 489. The molecule has 1 unspecified atom stereocenters. The summed E-state index contributed by atoms with van der Waals surface area (Å²) in [7, 11) is 1.63. The first-order valence-electron chi connectivity index (χ1n) is 5.89. The zero-order valence-corrected chi connectivity index (χ0v) is 10.7. The minimum Gasteiger partial charge on any atom is -0.491 e. The maximum absolute atomic E-state index is 5.68. The molecule has 0 amide bonds. The lowest BCUT2D eigenvalue weighted by atomic mass is 10.0. The molecule has 1 atom stereocenters. The second-order valence-electron chi connectivity index (χ2n) is 3.87. The van der Waals surface area contributed by atoms with Crippen molar-refractivity contribution in [1.82, 2.24) is 20.8 Å². The van der Waals surface area contributed by atoms with Gasteiger partial charge in [-0.1, -0.05) is 18.2 Å². The second kappa shape index (κ2) is 6.83. The summed E-state index contributed by atoms with van der Waals surface area (Å²) in [4.78, 5) is 0. The SMILES string of the molecule is COCCOc1ccccc1C(NN)c1cn[nH]n1. The van der Waals surface area contributed by atoms with Crippen LogP contribution in [0, 0.1) is 0 Å². The first-order chi connectivity index (χ1) is 9.36. The Balaban J connectivity index is 2.22. The summed E-state index contributed by atoms with van der Waals surface area (Å²) in [5, 5.41) is 10.4. The fraction of sp³-hybridized carbons (Fsp3) is 0.333. The number of ether oxygens (including phenoxy) is 2. The van der Waals surface area contributed by atoms with Gasteiger partial charge in [0.15, 0.2) is 0 Å². The van der Waals surface area contributed by atoms with E-state index in [1.54, 1.807) is 13.3 Å². The molecule has 0 aliphatic carbocycles. The Labute approximate surface area is 111 Å². The molecule has 1 aromatic carbocycles. The van der Waals surface area contributed by atoms with Crippen LogP contribution in [-0.4, -0.2) is 35.7 Å². The molecule has 2 aromatic rings. The minimum atomic E-state index is -0.280. The molecule has 7 nitrogen and oxygen atoms in total. The number of methoxy groups -OCH3 is 1. The van der Waals surface area contributed by atoms with Crippen LogP contribution in [0.5, 0.6) is 5.75 Å². The average molecular weight is 263 g/mol. The van der Waals surface area contributed by atoms with Gasteiger partial charge < -0.3 is 9.47 Å². The summed E-state index contributed by atoms with van der Waals surface area (Å²) in [5.41, 5.74) is 4.32. The van der Waals surface area contributed by atoms with Gasteiger partial charge in [-0.2, -0.15) is 15.4 Å².